The number of aldehydes is 1. The maximum atomic E-state index is 13.6. The number of carbonyl (C=O) groups excluding carboxylic acids is 1. The highest BCUT2D eigenvalue weighted by Crippen LogP contribution is 2.28. The molecule has 0 heterocycles. The van der Waals surface area contributed by atoms with Crippen LogP contribution in [-0.2, 0) is 0 Å². The zero-order chi connectivity index (χ0) is 12.4. The molecule has 0 saturated heterocycles. The van der Waals surface area contributed by atoms with Crippen LogP contribution in [0.2, 0.25) is 5.02 Å². The van der Waals surface area contributed by atoms with Gasteiger partial charge in [0.15, 0.2) is 17.9 Å². The minimum absolute atomic E-state index is 0.0452. The first kappa shape index (κ1) is 11.7. The van der Waals surface area contributed by atoms with E-state index in [1.165, 1.54) is 30.3 Å². The van der Waals surface area contributed by atoms with E-state index < -0.39 is 11.6 Å². The Hall–Kier alpha value is -1.74. The molecule has 0 aliphatic rings. The third-order valence-corrected chi connectivity index (χ3v) is 2.62. The van der Waals surface area contributed by atoms with Crippen LogP contribution in [0, 0.1) is 11.6 Å². The second-order valence-corrected chi connectivity index (χ2v) is 3.89. The summed E-state index contributed by atoms with van der Waals surface area (Å²) in [7, 11) is 0. The smallest absolute Gasteiger partial charge is 0.166 e. The van der Waals surface area contributed by atoms with Gasteiger partial charge >= 0.3 is 0 Å². The Labute approximate surface area is 102 Å². The molecule has 0 aliphatic heterocycles. The van der Waals surface area contributed by atoms with Crippen LogP contribution in [0.4, 0.5) is 8.78 Å². The van der Waals surface area contributed by atoms with Crippen LogP contribution < -0.4 is 0 Å². The minimum atomic E-state index is -0.974. The lowest BCUT2D eigenvalue weighted by Gasteiger charge is -2.07. The molecule has 0 atom stereocenters. The van der Waals surface area contributed by atoms with Gasteiger partial charge in [0.25, 0.3) is 0 Å². The fourth-order valence-corrected chi connectivity index (χ4v) is 1.77. The Bertz CT molecular complexity index is 582. The van der Waals surface area contributed by atoms with E-state index in [9.17, 15) is 13.6 Å². The Morgan fingerprint density at radius 1 is 1.06 bits per heavy atom. The summed E-state index contributed by atoms with van der Waals surface area (Å²) in [4.78, 5) is 10.9. The van der Waals surface area contributed by atoms with Crippen molar-refractivity contribution in [3.05, 3.63) is 58.6 Å². The van der Waals surface area contributed by atoms with Crippen molar-refractivity contribution in [3.8, 4) is 11.1 Å². The summed E-state index contributed by atoms with van der Waals surface area (Å²) in [5.74, 6) is -1.92. The van der Waals surface area contributed by atoms with Crippen molar-refractivity contribution in [2.24, 2.45) is 0 Å². The number of hydrogen-bond acceptors (Lipinski definition) is 1. The van der Waals surface area contributed by atoms with Gasteiger partial charge in [-0.25, -0.2) is 8.78 Å². The van der Waals surface area contributed by atoms with Gasteiger partial charge in [-0.1, -0.05) is 29.8 Å². The van der Waals surface area contributed by atoms with E-state index >= 15 is 0 Å². The second-order valence-electron chi connectivity index (χ2n) is 3.45. The normalized spacial score (nSPS) is 10.3. The first-order valence-electron chi connectivity index (χ1n) is 4.82. The van der Waals surface area contributed by atoms with Crippen molar-refractivity contribution in [3.63, 3.8) is 0 Å². The molecule has 0 amide bonds. The highest BCUT2D eigenvalue weighted by Gasteiger charge is 2.12. The molecule has 0 radical (unpaired) electrons. The van der Waals surface area contributed by atoms with Gasteiger partial charge in [0.2, 0.25) is 0 Å². The first-order valence-corrected chi connectivity index (χ1v) is 5.20. The molecule has 0 bridgehead atoms. The SMILES string of the molecule is O=Cc1cc(Cl)ccc1-c1cccc(F)c1F. The molecule has 2 aromatic carbocycles. The molecule has 2 rings (SSSR count). The average Bonchev–Trinajstić information content (AvgIpc) is 2.33. The minimum Gasteiger partial charge on any atom is -0.298 e. The maximum absolute atomic E-state index is 13.6. The van der Waals surface area contributed by atoms with Crippen LogP contribution in [0.15, 0.2) is 36.4 Å². The molecular formula is C13H7ClF2O. The monoisotopic (exact) mass is 252 g/mol. The molecule has 0 fully saturated rings. The number of benzene rings is 2. The topological polar surface area (TPSA) is 17.1 Å². The summed E-state index contributed by atoms with van der Waals surface area (Å²) < 4.78 is 26.7. The summed E-state index contributed by atoms with van der Waals surface area (Å²) >= 11 is 5.73. The lowest BCUT2D eigenvalue weighted by Crippen LogP contribution is -1.93. The molecular weight excluding hydrogens is 246 g/mol. The van der Waals surface area contributed by atoms with E-state index in [4.69, 9.17) is 11.6 Å². The Balaban J connectivity index is 2.68. The van der Waals surface area contributed by atoms with Crippen LogP contribution in [0.3, 0.4) is 0 Å². The van der Waals surface area contributed by atoms with Crippen LogP contribution in [-0.4, -0.2) is 6.29 Å². The molecule has 0 aromatic heterocycles. The van der Waals surface area contributed by atoms with Crippen LogP contribution >= 0.6 is 11.6 Å². The largest absolute Gasteiger partial charge is 0.298 e. The van der Waals surface area contributed by atoms with E-state index in [0.29, 0.717) is 16.9 Å². The van der Waals surface area contributed by atoms with Gasteiger partial charge in [-0.3, -0.25) is 4.79 Å². The maximum Gasteiger partial charge on any atom is 0.166 e. The van der Waals surface area contributed by atoms with Gasteiger partial charge in [-0.2, -0.15) is 0 Å². The molecule has 0 N–H and O–H groups in total. The average molecular weight is 253 g/mol. The molecule has 86 valence electrons. The van der Waals surface area contributed by atoms with Gasteiger partial charge in [-0.05, 0) is 23.8 Å². The molecule has 17 heavy (non-hydrogen) atoms. The number of rotatable bonds is 2. The number of hydrogen-bond donors (Lipinski definition) is 0. The van der Waals surface area contributed by atoms with Crippen molar-refractivity contribution < 1.29 is 13.6 Å². The highest BCUT2D eigenvalue weighted by molar-refractivity contribution is 6.31. The zero-order valence-corrected chi connectivity index (χ0v) is 9.34. The van der Waals surface area contributed by atoms with Gasteiger partial charge in [0.05, 0.1) is 0 Å². The first-order chi connectivity index (χ1) is 8.13. The molecule has 2 aromatic rings. The summed E-state index contributed by atoms with van der Waals surface area (Å²) in [6.45, 7) is 0. The lowest BCUT2D eigenvalue weighted by molar-refractivity contribution is 0.112. The summed E-state index contributed by atoms with van der Waals surface area (Å²) in [6.07, 6.45) is 0.561. The van der Waals surface area contributed by atoms with Crippen molar-refractivity contribution >= 4 is 17.9 Å². The molecule has 0 saturated carbocycles. The Kier molecular flexibility index (Phi) is 3.20. The number of carbonyl (C=O) groups is 1. The van der Waals surface area contributed by atoms with E-state index in [0.717, 1.165) is 6.07 Å². The lowest BCUT2D eigenvalue weighted by atomic mass is 10.00. The van der Waals surface area contributed by atoms with Crippen LogP contribution in [0.1, 0.15) is 10.4 Å². The standard InChI is InChI=1S/C13H7ClF2O/c14-9-4-5-10(8(6-9)7-17)11-2-1-3-12(15)13(11)16/h1-7H. The van der Waals surface area contributed by atoms with Gasteiger partial charge < -0.3 is 0 Å². The molecule has 4 heteroatoms. The van der Waals surface area contributed by atoms with Crippen molar-refractivity contribution in [1.29, 1.82) is 0 Å². The quantitative estimate of drug-likeness (QED) is 0.736. The van der Waals surface area contributed by atoms with Crippen LogP contribution in [0.5, 0.6) is 0 Å². The second kappa shape index (κ2) is 4.63. The molecule has 1 nitrogen and oxygen atoms in total. The summed E-state index contributed by atoms with van der Waals surface area (Å²) in [5.41, 5.74) is 0.590. The predicted octanol–water partition coefficient (Wildman–Crippen LogP) is 4.10. The van der Waals surface area contributed by atoms with Crippen molar-refractivity contribution in [1.82, 2.24) is 0 Å². The van der Waals surface area contributed by atoms with Crippen LogP contribution in [0.25, 0.3) is 11.1 Å². The zero-order valence-electron chi connectivity index (χ0n) is 8.58. The fourth-order valence-electron chi connectivity index (χ4n) is 1.59. The van der Waals surface area contributed by atoms with E-state index in [2.05, 4.69) is 0 Å². The summed E-state index contributed by atoms with van der Waals surface area (Å²) in [5, 5.41) is 0.368. The van der Waals surface area contributed by atoms with E-state index in [-0.39, 0.29) is 11.1 Å². The summed E-state index contributed by atoms with van der Waals surface area (Å²) in [6, 6.07) is 8.24. The number of halogens is 3. The molecule has 0 spiro atoms. The predicted molar refractivity (Wildman–Crippen MR) is 62.2 cm³/mol. The Morgan fingerprint density at radius 3 is 2.53 bits per heavy atom. The Morgan fingerprint density at radius 2 is 1.82 bits per heavy atom. The molecule has 0 aliphatic carbocycles. The van der Waals surface area contributed by atoms with Gasteiger partial charge in [-0.15, -0.1) is 0 Å². The van der Waals surface area contributed by atoms with Gasteiger partial charge in [0, 0.05) is 16.1 Å². The van der Waals surface area contributed by atoms with Gasteiger partial charge in [0.1, 0.15) is 0 Å². The highest BCUT2D eigenvalue weighted by atomic mass is 35.5. The van der Waals surface area contributed by atoms with E-state index in [1.54, 1.807) is 0 Å². The van der Waals surface area contributed by atoms with E-state index in [1.807, 2.05) is 0 Å². The van der Waals surface area contributed by atoms with Crippen molar-refractivity contribution in [2.45, 2.75) is 0 Å². The third kappa shape index (κ3) is 2.19. The fraction of sp³-hybridized carbons (Fsp3) is 0. The molecule has 0 unspecified atom stereocenters. The third-order valence-electron chi connectivity index (χ3n) is 2.38. The van der Waals surface area contributed by atoms with Crippen molar-refractivity contribution in [2.75, 3.05) is 0 Å².